The van der Waals surface area contributed by atoms with E-state index in [4.69, 9.17) is 4.74 Å². The molecule has 0 radical (unpaired) electrons. The Morgan fingerprint density at radius 3 is 1.88 bits per heavy atom. The van der Waals surface area contributed by atoms with Crippen molar-refractivity contribution in [3.63, 3.8) is 0 Å². The van der Waals surface area contributed by atoms with E-state index >= 15 is 0 Å². The Morgan fingerprint density at radius 2 is 1.33 bits per heavy atom. The fraction of sp³-hybridized carbons (Fsp3) is 0.0435. The van der Waals surface area contributed by atoms with E-state index in [0.29, 0.717) is 17.6 Å². The molecule has 0 unspecified atom stereocenters. The maximum Gasteiger partial charge on any atom is 0.250 e. The number of aromatic nitrogens is 3. The van der Waals surface area contributed by atoms with Gasteiger partial charge in [0.05, 0.1) is 17.8 Å². The average Bonchev–Trinajstić information content (AvgIpc) is 2.80. The molecule has 4 aromatic rings. The number of anilines is 5. The van der Waals surface area contributed by atoms with Crippen molar-refractivity contribution in [2.75, 3.05) is 23.2 Å². The summed E-state index contributed by atoms with van der Waals surface area (Å²) in [5.41, 5.74) is 5.35. The Bertz CT molecular complexity index is 1190. The number of methoxy groups -OCH3 is 1. The largest absolute Gasteiger partial charge is 0.495 e. The zero-order valence-corrected chi connectivity index (χ0v) is 20.6. The van der Waals surface area contributed by atoms with Crippen molar-refractivity contribution in [1.82, 2.24) is 15.0 Å². The molecular weight excluding hydrogens is 550 g/mol. The van der Waals surface area contributed by atoms with Gasteiger partial charge < -0.3 is 15.4 Å². The lowest BCUT2D eigenvalue weighted by Gasteiger charge is -2.10. The number of hydrogen-bond acceptors (Lipinski definition) is 8. The van der Waals surface area contributed by atoms with Gasteiger partial charge in [-0.15, -0.1) is 0 Å². The quantitative estimate of drug-likeness (QED) is 0.168. The molecule has 4 rings (SSSR count). The number of hydrazone groups is 1. The molecule has 0 amide bonds. The van der Waals surface area contributed by atoms with Gasteiger partial charge in [-0.2, -0.15) is 20.1 Å². The van der Waals surface area contributed by atoms with E-state index in [0.717, 1.165) is 25.9 Å². The Hall–Kier alpha value is -3.50. The molecule has 0 aliphatic carbocycles. The maximum absolute atomic E-state index is 5.46. The van der Waals surface area contributed by atoms with Gasteiger partial charge in [0, 0.05) is 21.4 Å². The number of nitrogens with one attached hydrogen (secondary N) is 3. The van der Waals surface area contributed by atoms with Crippen molar-refractivity contribution in [2.45, 2.75) is 0 Å². The number of para-hydroxylation sites is 2. The summed E-state index contributed by atoms with van der Waals surface area (Å²) in [6.07, 6.45) is 1.63. The molecule has 0 fully saturated rings. The molecule has 0 saturated carbocycles. The third-order valence-corrected chi connectivity index (χ3v) is 5.35. The third-order valence-electron chi connectivity index (χ3n) is 4.30. The summed E-state index contributed by atoms with van der Waals surface area (Å²) in [6, 6.07) is 23.1. The zero-order valence-electron chi connectivity index (χ0n) is 17.5. The number of nitrogens with zero attached hydrogens (tertiary/aromatic N) is 4. The van der Waals surface area contributed by atoms with E-state index in [9.17, 15) is 0 Å². The van der Waals surface area contributed by atoms with Gasteiger partial charge in [0.2, 0.25) is 17.8 Å². The average molecular weight is 569 g/mol. The highest BCUT2D eigenvalue weighted by atomic mass is 79.9. The van der Waals surface area contributed by atoms with E-state index in [1.807, 2.05) is 72.8 Å². The minimum Gasteiger partial charge on any atom is -0.495 e. The zero-order chi connectivity index (χ0) is 23.0. The SMILES string of the molecule is COc1c(Br)cc(Br)cc1/C=N\Nc1nc(Nc2ccccc2)nc(Nc2ccccc2)n1. The number of rotatable bonds is 8. The van der Waals surface area contributed by atoms with Gasteiger partial charge in [-0.05, 0) is 52.3 Å². The van der Waals surface area contributed by atoms with Gasteiger partial charge in [0.15, 0.2) is 0 Å². The number of ether oxygens (including phenoxy) is 1. The Morgan fingerprint density at radius 1 is 0.788 bits per heavy atom. The standard InChI is InChI=1S/C23H19Br2N7O/c1-33-20-15(12-16(24)13-19(20)25)14-26-32-23-30-21(27-17-8-4-2-5-9-17)29-22(31-23)28-18-10-6-3-7-11-18/h2-14H,1H3,(H3,27,28,29,30,31,32)/b26-14-. The normalized spacial score (nSPS) is 10.8. The third kappa shape index (κ3) is 6.27. The Kier molecular flexibility index (Phi) is 7.48. The lowest BCUT2D eigenvalue weighted by atomic mass is 10.2. The topological polar surface area (TPSA) is 96.4 Å². The molecule has 0 bridgehead atoms. The van der Waals surface area contributed by atoms with Crippen LogP contribution in [-0.2, 0) is 0 Å². The second kappa shape index (κ2) is 10.9. The maximum atomic E-state index is 5.46. The van der Waals surface area contributed by atoms with Gasteiger partial charge in [-0.3, -0.25) is 0 Å². The van der Waals surface area contributed by atoms with Crippen LogP contribution in [0.25, 0.3) is 0 Å². The van der Waals surface area contributed by atoms with E-state index in [-0.39, 0.29) is 5.95 Å². The van der Waals surface area contributed by atoms with Crippen LogP contribution in [0.5, 0.6) is 5.75 Å². The van der Waals surface area contributed by atoms with Crippen molar-refractivity contribution >= 4 is 67.3 Å². The predicted octanol–water partition coefficient (Wildman–Crippen LogP) is 6.34. The van der Waals surface area contributed by atoms with Crippen molar-refractivity contribution < 1.29 is 4.74 Å². The lowest BCUT2D eigenvalue weighted by Crippen LogP contribution is -2.07. The van der Waals surface area contributed by atoms with Gasteiger partial charge in [0.25, 0.3) is 0 Å². The minimum atomic E-state index is 0.270. The van der Waals surface area contributed by atoms with Crippen LogP contribution in [0.3, 0.4) is 0 Å². The smallest absolute Gasteiger partial charge is 0.250 e. The second-order valence-electron chi connectivity index (χ2n) is 6.67. The first-order valence-corrected chi connectivity index (χ1v) is 11.4. The van der Waals surface area contributed by atoms with E-state index in [1.54, 1.807) is 13.3 Å². The Labute approximate surface area is 207 Å². The van der Waals surface area contributed by atoms with Gasteiger partial charge >= 0.3 is 0 Å². The van der Waals surface area contributed by atoms with E-state index < -0.39 is 0 Å². The molecule has 33 heavy (non-hydrogen) atoms. The molecule has 0 aliphatic rings. The van der Waals surface area contributed by atoms with E-state index in [1.165, 1.54) is 0 Å². The first-order chi connectivity index (χ1) is 16.1. The van der Waals surface area contributed by atoms with Crippen LogP contribution in [-0.4, -0.2) is 28.3 Å². The van der Waals surface area contributed by atoms with Crippen LogP contribution in [0, 0.1) is 0 Å². The molecular formula is C23H19Br2N7O. The summed E-state index contributed by atoms with van der Waals surface area (Å²) in [7, 11) is 1.60. The summed E-state index contributed by atoms with van der Waals surface area (Å²) in [5, 5.41) is 10.7. The van der Waals surface area contributed by atoms with Crippen LogP contribution in [0.4, 0.5) is 29.2 Å². The van der Waals surface area contributed by atoms with Crippen molar-refractivity contribution in [3.05, 3.63) is 87.3 Å². The predicted molar refractivity (Wildman–Crippen MR) is 139 cm³/mol. The molecule has 3 N–H and O–H groups in total. The van der Waals surface area contributed by atoms with Gasteiger partial charge in [0.1, 0.15) is 5.75 Å². The number of halogens is 2. The molecule has 1 aromatic heterocycles. The number of hydrogen-bond donors (Lipinski definition) is 3. The summed E-state index contributed by atoms with van der Waals surface area (Å²) in [5.74, 6) is 1.67. The highest BCUT2D eigenvalue weighted by Crippen LogP contribution is 2.31. The molecule has 0 aliphatic heterocycles. The Balaban J connectivity index is 1.60. The fourth-order valence-corrected chi connectivity index (χ4v) is 4.31. The molecule has 8 nitrogen and oxygen atoms in total. The first-order valence-electron chi connectivity index (χ1n) is 9.83. The van der Waals surface area contributed by atoms with Crippen LogP contribution < -0.4 is 20.8 Å². The fourth-order valence-electron chi connectivity index (χ4n) is 2.89. The van der Waals surface area contributed by atoms with Crippen LogP contribution >= 0.6 is 31.9 Å². The lowest BCUT2D eigenvalue weighted by molar-refractivity contribution is 0.411. The van der Waals surface area contributed by atoms with Crippen molar-refractivity contribution in [2.24, 2.45) is 5.10 Å². The van der Waals surface area contributed by atoms with Crippen LogP contribution in [0.1, 0.15) is 5.56 Å². The highest BCUT2D eigenvalue weighted by Gasteiger charge is 2.09. The molecule has 0 atom stereocenters. The summed E-state index contributed by atoms with van der Waals surface area (Å²) in [4.78, 5) is 13.3. The minimum absolute atomic E-state index is 0.270. The summed E-state index contributed by atoms with van der Waals surface area (Å²) in [6.45, 7) is 0. The first kappa shape index (κ1) is 22.7. The molecule has 0 spiro atoms. The van der Waals surface area contributed by atoms with Gasteiger partial charge in [-0.25, -0.2) is 5.43 Å². The van der Waals surface area contributed by atoms with Crippen LogP contribution in [0.2, 0.25) is 0 Å². The highest BCUT2D eigenvalue weighted by molar-refractivity contribution is 9.11. The van der Waals surface area contributed by atoms with Crippen molar-refractivity contribution in [3.8, 4) is 5.75 Å². The summed E-state index contributed by atoms with van der Waals surface area (Å²) < 4.78 is 7.16. The monoisotopic (exact) mass is 567 g/mol. The molecule has 3 aromatic carbocycles. The molecule has 0 saturated heterocycles. The van der Waals surface area contributed by atoms with Gasteiger partial charge in [-0.1, -0.05) is 52.3 Å². The molecule has 166 valence electrons. The van der Waals surface area contributed by atoms with Crippen molar-refractivity contribution in [1.29, 1.82) is 0 Å². The second-order valence-corrected chi connectivity index (χ2v) is 8.44. The number of benzene rings is 3. The summed E-state index contributed by atoms with van der Waals surface area (Å²) >= 11 is 6.97. The van der Waals surface area contributed by atoms with Crippen LogP contribution in [0.15, 0.2) is 86.8 Å². The van der Waals surface area contributed by atoms with E-state index in [2.05, 4.69) is 68.0 Å². The molecule has 10 heteroatoms. The molecule has 1 heterocycles.